The van der Waals surface area contributed by atoms with Gasteiger partial charge in [0.05, 0.1) is 62.9 Å². The number of amides is 3. The van der Waals surface area contributed by atoms with Crippen molar-refractivity contribution >= 4 is 39.7 Å². The van der Waals surface area contributed by atoms with Gasteiger partial charge in [-0.25, -0.2) is 14.8 Å². The zero-order chi connectivity index (χ0) is 36.0. The first-order chi connectivity index (χ1) is 24.7. The van der Waals surface area contributed by atoms with Gasteiger partial charge in [0.1, 0.15) is 18.2 Å². The molecule has 0 aliphatic carbocycles. The number of nitrogens with one attached hydrogen (secondary N) is 3. The number of rotatable bonds is 14. The molecule has 1 aliphatic heterocycles. The van der Waals surface area contributed by atoms with Gasteiger partial charge in [0, 0.05) is 18.4 Å². The van der Waals surface area contributed by atoms with Crippen molar-refractivity contribution in [2.45, 2.75) is 58.9 Å². The highest BCUT2D eigenvalue weighted by molar-refractivity contribution is 6.05. The number of aromatic nitrogens is 4. The van der Waals surface area contributed by atoms with Crippen LogP contribution < -0.4 is 5.32 Å². The summed E-state index contributed by atoms with van der Waals surface area (Å²) in [6.07, 6.45) is 3.10. The summed E-state index contributed by atoms with van der Waals surface area (Å²) >= 11 is 0. The van der Waals surface area contributed by atoms with Gasteiger partial charge in [-0.2, -0.15) is 0 Å². The van der Waals surface area contributed by atoms with Crippen LogP contribution in [0.1, 0.15) is 51.7 Å². The van der Waals surface area contributed by atoms with Gasteiger partial charge < -0.3 is 39.3 Å². The molecule has 3 N–H and O–H groups in total. The lowest BCUT2D eigenvalue weighted by molar-refractivity contribution is -0.167. The average molecular weight is 696 g/mol. The second-order valence-electron chi connectivity index (χ2n) is 12.9. The highest BCUT2D eigenvalue weighted by atomic mass is 16.7. The average Bonchev–Trinajstić information content (AvgIpc) is 3.90. The number of H-pyrrole nitrogens is 2. The summed E-state index contributed by atoms with van der Waals surface area (Å²) in [4.78, 5) is 56.7. The maximum atomic E-state index is 13.0. The Hall–Kier alpha value is -5.27. The topological polar surface area (TPSA) is 155 Å². The normalized spacial score (nSPS) is 13.8. The van der Waals surface area contributed by atoms with Crippen molar-refractivity contribution in [3.63, 3.8) is 0 Å². The predicted molar refractivity (Wildman–Crippen MR) is 193 cm³/mol. The third kappa shape index (κ3) is 8.38. The Balaban J connectivity index is 1.15. The van der Waals surface area contributed by atoms with Gasteiger partial charge in [-0.05, 0) is 54.0 Å². The second-order valence-corrected chi connectivity index (χ2v) is 12.9. The van der Waals surface area contributed by atoms with Crippen LogP contribution in [0.15, 0.2) is 60.8 Å². The molecule has 13 heteroatoms. The molecule has 3 amide bonds. The minimum atomic E-state index is -0.817. The number of ether oxygens (including phenoxy) is 3. The maximum absolute atomic E-state index is 13.0. The van der Waals surface area contributed by atoms with Gasteiger partial charge in [0.25, 0.3) is 0 Å². The van der Waals surface area contributed by atoms with Crippen LogP contribution in [0.25, 0.3) is 44.2 Å². The molecule has 6 rings (SSSR count). The molecule has 1 aliphatic rings. The Morgan fingerprint density at radius 2 is 1.61 bits per heavy atom. The lowest BCUT2D eigenvalue weighted by atomic mass is 9.99. The predicted octanol–water partition coefficient (Wildman–Crippen LogP) is 5.76. The fraction of sp³-hybridized carbons (Fsp3) is 0.395. The highest BCUT2D eigenvalue weighted by Crippen LogP contribution is 2.31. The van der Waals surface area contributed by atoms with E-state index >= 15 is 0 Å². The number of aromatic amines is 2. The van der Waals surface area contributed by atoms with E-state index in [1.807, 2.05) is 39.0 Å². The van der Waals surface area contributed by atoms with Crippen LogP contribution in [0.3, 0.4) is 0 Å². The van der Waals surface area contributed by atoms with Crippen molar-refractivity contribution in [1.82, 2.24) is 35.1 Å². The number of hydrogen-bond donors (Lipinski definition) is 3. The Labute approximate surface area is 296 Å². The minimum Gasteiger partial charge on any atom is -0.453 e. The van der Waals surface area contributed by atoms with E-state index < -0.39 is 11.9 Å². The zero-order valence-electron chi connectivity index (χ0n) is 29.6. The summed E-state index contributed by atoms with van der Waals surface area (Å²) in [7, 11) is 1.26. The summed E-state index contributed by atoms with van der Waals surface area (Å²) < 4.78 is 16.2. The van der Waals surface area contributed by atoms with Crippen molar-refractivity contribution < 1.29 is 28.6 Å². The number of benzene rings is 3. The molecule has 0 saturated carbocycles. The number of imidazole rings is 2. The molecule has 0 spiro atoms. The molecule has 0 radical (unpaired) electrons. The van der Waals surface area contributed by atoms with Crippen LogP contribution in [0.2, 0.25) is 0 Å². The van der Waals surface area contributed by atoms with Crippen molar-refractivity contribution in [3.05, 3.63) is 72.4 Å². The van der Waals surface area contributed by atoms with Crippen LogP contribution in [-0.4, -0.2) is 93.4 Å². The molecule has 268 valence electrons. The molecule has 1 fully saturated rings. The first kappa shape index (κ1) is 35.6. The molecule has 5 aromatic rings. The monoisotopic (exact) mass is 695 g/mol. The molecule has 3 aromatic carbocycles. The van der Waals surface area contributed by atoms with Gasteiger partial charge in [0.15, 0.2) is 5.79 Å². The van der Waals surface area contributed by atoms with Crippen LogP contribution in [-0.2, 0) is 36.9 Å². The summed E-state index contributed by atoms with van der Waals surface area (Å²) in [5.41, 5.74) is 5.73. The van der Waals surface area contributed by atoms with E-state index in [-0.39, 0.29) is 18.4 Å². The van der Waals surface area contributed by atoms with Gasteiger partial charge in [-0.1, -0.05) is 56.3 Å². The molecular formula is C38H45N7O6. The fourth-order valence-corrected chi connectivity index (χ4v) is 6.40. The van der Waals surface area contributed by atoms with Crippen LogP contribution in [0, 0.1) is 0 Å². The van der Waals surface area contributed by atoms with Gasteiger partial charge >= 0.3 is 6.09 Å². The summed E-state index contributed by atoms with van der Waals surface area (Å²) in [5.74, 6) is 0.383. The van der Waals surface area contributed by atoms with Crippen molar-refractivity contribution in [2.24, 2.45) is 0 Å². The van der Waals surface area contributed by atoms with Gasteiger partial charge in [0.2, 0.25) is 11.8 Å². The van der Waals surface area contributed by atoms with Crippen LogP contribution in [0.5, 0.6) is 0 Å². The third-order valence-electron chi connectivity index (χ3n) is 8.97. The molecule has 2 aromatic heterocycles. The van der Waals surface area contributed by atoms with E-state index in [0.717, 1.165) is 57.0 Å². The van der Waals surface area contributed by atoms with Crippen molar-refractivity contribution in [1.29, 1.82) is 0 Å². The van der Waals surface area contributed by atoms with E-state index in [1.165, 1.54) is 7.11 Å². The van der Waals surface area contributed by atoms with E-state index in [2.05, 4.69) is 61.4 Å². The number of nitrogens with zero attached hydrogens (tertiary/aromatic N) is 4. The zero-order valence-corrected chi connectivity index (χ0v) is 29.6. The molecular weight excluding hydrogens is 650 g/mol. The fourth-order valence-electron chi connectivity index (χ4n) is 6.40. The largest absolute Gasteiger partial charge is 0.453 e. The summed E-state index contributed by atoms with van der Waals surface area (Å²) in [6.45, 7) is 8.27. The van der Waals surface area contributed by atoms with Crippen LogP contribution >= 0.6 is 0 Å². The maximum Gasteiger partial charge on any atom is 0.407 e. The standard InChI is InChI=1S/C38H45N7O6/c1-5-7-34(46)45(24-38(3)50-17-18-51-38)23-33-41-30-15-13-28-19-27(12-14-29(28)36(30)43-33)25-8-10-26(11-9-25)31-20-39-32(42-31)22-44(16-6-2)35(47)21-40-37(48)49-4/h8-15,19-20H,5-7,16-18,21-24H2,1-4H3,(H,39,42)(H,40,48)(H,41,43). The SMILES string of the molecule is CCCC(=O)N(Cc1nc2ccc3cc(-c4ccc(-c5cnc(CN(CCC)C(=O)CNC(=O)OC)[nH]5)cc4)ccc3c2[nH]1)CC1(C)OCCO1. The lowest BCUT2D eigenvalue weighted by Gasteiger charge is -2.30. The Bertz CT molecular complexity index is 2000. The summed E-state index contributed by atoms with van der Waals surface area (Å²) in [6, 6.07) is 18.7. The van der Waals surface area contributed by atoms with Gasteiger partial charge in [-0.15, -0.1) is 0 Å². The van der Waals surface area contributed by atoms with Crippen molar-refractivity contribution in [3.8, 4) is 22.4 Å². The number of hydrogen-bond acceptors (Lipinski definition) is 8. The third-order valence-corrected chi connectivity index (χ3v) is 8.97. The van der Waals surface area contributed by atoms with E-state index in [4.69, 9.17) is 14.5 Å². The molecule has 51 heavy (non-hydrogen) atoms. The Kier molecular flexibility index (Phi) is 11.0. The van der Waals surface area contributed by atoms with E-state index in [9.17, 15) is 14.4 Å². The molecule has 13 nitrogen and oxygen atoms in total. The molecule has 0 bridgehead atoms. The number of carbonyl (C=O) groups is 3. The molecule has 0 unspecified atom stereocenters. The number of alkyl carbamates (subject to hydrolysis) is 1. The highest BCUT2D eigenvalue weighted by Gasteiger charge is 2.35. The van der Waals surface area contributed by atoms with Gasteiger partial charge in [-0.3, -0.25) is 9.59 Å². The first-order valence-electron chi connectivity index (χ1n) is 17.4. The lowest BCUT2D eigenvalue weighted by Crippen LogP contribution is -2.44. The minimum absolute atomic E-state index is 0.0451. The Morgan fingerprint density at radius 1 is 0.882 bits per heavy atom. The van der Waals surface area contributed by atoms with E-state index in [1.54, 1.807) is 16.0 Å². The second kappa shape index (κ2) is 15.7. The number of carbonyl (C=O) groups excluding carboxylic acids is 3. The number of methoxy groups -OCH3 is 1. The van der Waals surface area contributed by atoms with E-state index in [0.29, 0.717) is 57.5 Å². The molecule has 1 saturated heterocycles. The first-order valence-corrected chi connectivity index (χ1v) is 17.4. The smallest absolute Gasteiger partial charge is 0.407 e. The molecule has 0 atom stereocenters. The molecule has 3 heterocycles. The number of fused-ring (bicyclic) bond motifs is 3. The van der Waals surface area contributed by atoms with Crippen molar-refractivity contribution in [2.75, 3.05) is 40.0 Å². The quantitative estimate of drug-likeness (QED) is 0.133. The Morgan fingerprint density at radius 3 is 2.33 bits per heavy atom. The summed E-state index contributed by atoms with van der Waals surface area (Å²) in [5, 5.41) is 4.57. The van der Waals surface area contributed by atoms with Crippen LogP contribution in [0.4, 0.5) is 4.79 Å².